The monoisotopic (exact) mass is 449 g/mol. The van der Waals surface area contributed by atoms with Gasteiger partial charge in [-0.3, -0.25) is 4.79 Å². The van der Waals surface area contributed by atoms with E-state index in [1.54, 1.807) is 12.1 Å². The molecule has 2 aromatic carbocycles. The van der Waals surface area contributed by atoms with Crippen molar-refractivity contribution in [2.45, 2.75) is 4.90 Å². The molecule has 1 heterocycles. The van der Waals surface area contributed by atoms with Crippen molar-refractivity contribution in [3.05, 3.63) is 52.0 Å². The van der Waals surface area contributed by atoms with Gasteiger partial charge in [0.25, 0.3) is 5.91 Å². The van der Waals surface area contributed by atoms with Crippen molar-refractivity contribution in [2.75, 3.05) is 12.1 Å². The first-order valence-corrected chi connectivity index (χ1v) is 9.77. The van der Waals surface area contributed by atoms with Crippen LogP contribution in [0.2, 0.25) is 0 Å². The second kappa shape index (κ2) is 7.40. The smallest absolute Gasteiger partial charge is 0.266 e. The first-order chi connectivity index (χ1) is 12.8. The fourth-order valence-electron chi connectivity index (χ4n) is 2.31. The Kier molecular flexibility index (Phi) is 5.18. The van der Waals surface area contributed by atoms with Crippen LogP contribution in [0.4, 0.5) is 5.69 Å². The fourth-order valence-corrected chi connectivity index (χ4v) is 3.40. The van der Waals surface area contributed by atoms with Gasteiger partial charge in [-0.2, -0.15) is 5.26 Å². The van der Waals surface area contributed by atoms with E-state index in [-0.39, 0.29) is 17.3 Å². The Balaban J connectivity index is 1.81. The Morgan fingerprint density at radius 1 is 1.26 bits per heavy atom. The van der Waals surface area contributed by atoms with Gasteiger partial charge >= 0.3 is 0 Å². The minimum Gasteiger partial charge on any atom is -0.454 e. The molecular formula is C17H12BrN3O5S. The minimum atomic E-state index is -3.82. The van der Waals surface area contributed by atoms with Crippen molar-refractivity contribution in [2.24, 2.45) is 5.14 Å². The summed E-state index contributed by atoms with van der Waals surface area (Å²) in [7, 11) is -3.82. The maximum absolute atomic E-state index is 12.3. The molecule has 0 saturated carbocycles. The van der Waals surface area contributed by atoms with E-state index < -0.39 is 15.9 Å². The van der Waals surface area contributed by atoms with Crippen LogP contribution < -0.4 is 19.9 Å². The molecule has 0 saturated heterocycles. The average Bonchev–Trinajstić information content (AvgIpc) is 3.08. The zero-order valence-electron chi connectivity index (χ0n) is 13.6. The number of hydrogen-bond acceptors (Lipinski definition) is 6. The Morgan fingerprint density at radius 2 is 1.96 bits per heavy atom. The lowest BCUT2D eigenvalue weighted by Gasteiger charge is -2.06. The zero-order valence-corrected chi connectivity index (χ0v) is 16.0. The number of nitrogens with zero attached hydrogens (tertiary/aromatic N) is 1. The quantitative estimate of drug-likeness (QED) is 0.543. The molecule has 0 radical (unpaired) electrons. The molecule has 0 fully saturated rings. The lowest BCUT2D eigenvalue weighted by atomic mass is 10.1. The van der Waals surface area contributed by atoms with Gasteiger partial charge in [0.2, 0.25) is 16.8 Å². The van der Waals surface area contributed by atoms with Crippen molar-refractivity contribution in [1.29, 1.82) is 5.26 Å². The lowest BCUT2D eigenvalue weighted by molar-refractivity contribution is -0.112. The number of nitriles is 1. The molecule has 1 aliphatic rings. The summed E-state index contributed by atoms with van der Waals surface area (Å²) in [5.41, 5.74) is 0.749. The fraction of sp³-hybridized carbons (Fsp3) is 0.0588. The van der Waals surface area contributed by atoms with Crippen molar-refractivity contribution < 1.29 is 22.7 Å². The van der Waals surface area contributed by atoms with Crippen LogP contribution in [0.1, 0.15) is 5.56 Å². The van der Waals surface area contributed by atoms with E-state index in [2.05, 4.69) is 21.2 Å². The van der Waals surface area contributed by atoms with Crippen molar-refractivity contribution in [3.8, 4) is 17.6 Å². The first-order valence-electron chi connectivity index (χ1n) is 7.43. The molecule has 0 spiro atoms. The number of ether oxygens (including phenoxy) is 2. The topological polar surface area (TPSA) is 132 Å². The Labute approximate surface area is 163 Å². The molecule has 0 bridgehead atoms. The Hall–Kier alpha value is -2.87. The number of anilines is 1. The van der Waals surface area contributed by atoms with E-state index in [4.69, 9.17) is 14.6 Å². The summed E-state index contributed by atoms with van der Waals surface area (Å²) in [4.78, 5) is 12.3. The van der Waals surface area contributed by atoms with Crippen LogP contribution >= 0.6 is 15.9 Å². The van der Waals surface area contributed by atoms with Crippen LogP contribution in [0.25, 0.3) is 6.08 Å². The third-order valence-electron chi connectivity index (χ3n) is 3.57. The number of amides is 1. The van der Waals surface area contributed by atoms with Crippen LogP contribution in [0, 0.1) is 11.3 Å². The standard InChI is InChI=1S/C17H12BrN3O5S/c18-14-6-10(7-15-16(14)26-9-25-15)5-11(8-19)17(22)21-12-1-3-13(4-2-12)27(20,23)24/h1-7H,9H2,(H,21,22)(H2,20,23,24)/b11-5+. The second-order valence-electron chi connectivity index (χ2n) is 5.43. The summed E-state index contributed by atoms with van der Waals surface area (Å²) in [5.74, 6) is 0.423. The van der Waals surface area contributed by atoms with E-state index in [0.29, 0.717) is 27.2 Å². The van der Waals surface area contributed by atoms with Crippen molar-refractivity contribution in [1.82, 2.24) is 0 Å². The van der Waals surface area contributed by atoms with Gasteiger partial charge in [-0.05, 0) is 64.0 Å². The van der Waals surface area contributed by atoms with E-state index in [1.807, 2.05) is 6.07 Å². The molecule has 0 aliphatic carbocycles. The largest absolute Gasteiger partial charge is 0.454 e. The number of halogens is 1. The Bertz CT molecular complexity index is 1090. The summed E-state index contributed by atoms with van der Waals surface area (Å²) >= 11 is 3.35. The highest BCUT2D eigenvalue weighted by Crippen LogP contribution is 2.40. The van der Waals surface area contributed by atoms with E-state index >= 15 is 0 Å². The number of carbonyl (C=O) groups excluding carboxylic acids is 1. The van der Waals surface area contributed by atoms with Crippen LogP contribution in [0.5, 0.6) is 11.5 Å². The van der Waals surface area contributed by atoms with Crippen LogP contribution in [-0.4, -0.2) is 21.1 Å². The number of nitrogens with one attached hydrogen (secondary N) is 1. The number of hydrogen-bond donors (Lipinski definition) is 2. The van der Waals surface area contributed by atoms with Gasteiger partial charge in [0, 0.05) is 5.69 Å². The van der Waals surface area contributed by atoms with Gasteiger partial charge in [0.05, 0.1) is 9.37 Å². The highest BCUT2D eigenvalue weighted by Gasteiger charge is 2.18. The predicted molar refractivity (Wildman–Crippen MR) is 100 cm³/mol. The normalized spacial score (nSPS) is 13.1. The lowest BCUT2D eigenvalue weighted by Crippen LogP contribution is -2.14. The molecule has 27 heavy (non-hydrogen) atoms. The number of fused-ring (bicyclic) bond motifs is 1. The highest BCUT2D eigenvalue weighted by molar-refractivity contribution is 9.10. The molecule has 3 N–H and O–H groups in total. The average molecular weight is 450 g/mol. The van der Waals surface area contributed by atoms with Gasteiger partial charge in [-0.15, -0.1) is 0 Å². The predicted octanol–water partition coefficient (Wildman–Crippen LogP) is 2.37. The molecule has 3 rings (SSSR count). The van der Waals surface area contributed by atoms with Crippen molar-refractivity contribution in [3.63, 3.8) is 0 Å². The second-order valence-corrected chi connectivity index (χ2v) is 7.85. The number of nitrogens with two attached hydrogens (primary N) is 1. The first kappa shape index (κ1) is 18.9. The van der Waals surface area contributed by atoms with E-state index in [9.17, 15) is 18.5 Å². The van der Waals surface area contributed by atoms with E-state index in [0.717, 1.165) is 0 Å². The summed E-state index contributed by atoms with van der Waals surface area (Å²) in [5, 5.41) is 16.9. The molecule has 0 aromatic heterocycles. The molecule has 8 nitrogen and oxygen atoms in total. The third kappa shape index (κ3) is 4.28. The summed E-state index contributed by atoms with van der Waals surface area (Å²) < 4.78 is 33.7. The maximum atomic E-state index is 12.3. The SMILES string of the molecule is N#C/C(=C\c1cc(Br)c2c(c1)OCO2)C(=O)Nc1ccc(S(N)(=O)=O)cc1. The summed E-state index contributed by atoms with van der Waals surface area (Å²) in [6, 6.07) is 10.5. The maximum Gasteiger partial charge on any atom is 0.266 e. The molecule has 1 aliphatic heterocycles. The zero-order chi connectivity index (χ0) is 19.6. The van der Waals surface area contributed by atoms with Gasteiger partial charge in [-0.25, -0.2) is 13.6 Å². The molecular weight excluding hydrogens is 438 g/mol. The summed E-state index contributed by atoms with van der Waals surface area (Å²) in [6.07, 6.45) is 1.40. The van der Waals surface area contributed by atoms with Crippen LogP contribution in [0.15, 0.2) is 51.3 Å². The molecule has 10 heteroatoms. The molecule has 0 unspecified atom stereocenters. The van der Waals surface area contributed by atoms with E-state index in [1.165, 1.54) is 30.3 Å². The number of benzene rings is 2. The van der Waals surface area contributed by atoms with Gasteiger partial charge in [0.1, 0.15) is 11.6 Å². The molecule has 2 aromatic rings. The third-order valence-corrected chi connectivity index (χ3v) is 5.08. The number of sulfonamides is 1. The van der Waals surface area contributed by atoms with Crippen LogP contribution in [-0.2, 0) is 14.8 Å². The van der Waals surface area contributed by atoms with Crippen molar-refractivity contribution >= 4 is 43.6 Å². The number of rotatable bonds is 4. The Morgan fingerprint density at radius 3 is 2.59 bits per heavy atom. The van der Waals surface area contributed by atoms with Crippen LogP contribution in [0.3, 0.4) is 0 Å². The van der Waals surface area contributed by atoms with Gasteiger partial charge in [-0.1, -0.05) is 0 Å². The molecule has 138 valence electrons. The molecule has 0 atom stereocenters. The van der Waals surface area contributed by atoms with Gasteiger partial charge < -0.3 is 14.8 Å². The summed E-state index contributed by atoms with van der Waals surface area (Å²) in [6.45, 7) is 0.0984. The number of carbonyl (C=O) groups is 1. The minimum absolute atomic E-state index is 0.0817. The number of primary sulfonamides is 1. The highest BCUT2D eigenvalue weighted by atomic mass is 79.9. The van der Waals surface area contributed by atoms with Gasteiger partial charge in [0.15, 0.2) is 11.5 Å². The molecule has 1 amide bonds.